The van der Waals surface area contributed by atoms with Crippen LogP contribution in [0.5, 0.6) is 0 Å². The van der Waals surface area contributed by atoms with E-state index in [0.29, 0.717) is 13.0 Å². The number of nitrogens with one attached hydrogen (secondary N) is 1. The number of benzene rings is 1. The molecule has 0 saturated carbocycles. The molecular formula is C17H25N3O3. The maximum absolute atomic E-state index is 11.7. The molecule has 0 aliphatic rings. The number of hydrogen-bond acceptors (Lipinski definition) is 4. The number of alkyl carbamates (subject to hydrolysis) is 1. The van der Waals surface area contributed by atoms with Crippen LogP contribution in [0.1, 0.15) is 26.5 Å². The molecule has 1 atom stereocenters. The van der Waals surface area contributed by atoms with Gasteiger partial charge in [-0.05, 0) is 33.3 Å². The Hall–Kier alpha value is -2.08. The van der Waals surface area contributed by atoms with Gasteiger partial charge in [0, 0.05) is 31.5 Å². The zero-order valence-electron chi connectivity index (χ0n) is 14.2. The van der Waals surface area contributed by atoms with E-state index in [1.165, 1.54) is 0 Å². The van der Waals surface area contributed by atoms with Crippen molar-refractivity contribution in [1.82, 2.24) is 15.1 Å². The fraction of sp³-hybridized carbons (Fsp3) is 0.529. The van der Waals surface area contributed by atoms with Crippen LogP contribution in [0, 0.1) is 5.92 Å². The van der Waals surface area contributed by atoms with E-state index in [1.807, 2.05) is 56.8 Å². The molecule has 2 aromatic rings. The summed E-state index contributed by atoms with van der Waals surface area (Å²) >= 11 is 0. The van der Waals surface area contributed by atoms with Crippen molar-refractivity contribution in [1.29, 1.82) is 0 Å². The van der Waals surface area contributed by atoms with Gasteiger partial charge in [0.05, 0.1) is 11.2 Å². The molecule has 0 aliphatic heterocycles. The molecule has 0 bridgehead atoms. The van der Waals surface area contributed by atoms with Crippen molar-refractivity contribution in [2.45, 2.75) is 32.8 Å². The largest absolute Gasteiger partial charge is 0.444 e. The molecule has 0 fully saturated rings. The van der Waals surface area contributed by atoms with Crippen LogP contribution in [0.15, 0.2) is 24.3 Å². The number of carbonyl (C=O) groups excluding carboxylic acids is 1. The quantitative estimate of drug-likeness (QED) is 0.886. The van der Waals surface area contributed by atoms with Gasteiger partial charge in [-0.1, -0.05) is 18.2 Å². The highest BCUT2D eigenvalue weighted by molar-refractivity contribution is 5.81. The highest BCUT2D eigenvalue weighted by atomic mass is 16.6. The summed E-state index contributed by atoms with van der Waals surface area (Å²) in [5.41, 5.74) is 1.45. The lowest BCUT2D eigenvalue weighted by Gasteiger charge is -2.21. The Labute approximate surface area is 136 Å². The van der Waals surface area contributed by atoms with E-state index in [0.717, 1.165) is 16.6 Å². The van der Waals surface area contributed by atoms with E-state index in [4.69, 9.17) is 4.74 Å². The first kappa shape index (κ1) is 17.3. The first-order valence-electron chi connectivity index (χ1n) is 7.78. The number of amides is 1. The summed E-state index contributed by atoms with van der Waals surface area (Å²) in [5.74, 6) is -0.110. The highest BCUT2D eigenvalue weighted by Gasteiger charge is 2.19. The van der Waals surface area contributed by atoms with Crippen molar-refractivity contribution in [2.75, 3.05) is 13.2 Å². The maximum atomic E-state index is 11.7. The number of aliphatic hydroxyl groups is 1. The van der Waals surface area contributed by atoms with E-state index >= 15 is 0 Å². The lowest BCUT2D eigenvalue weighted by molar-refractivity contribution is 0.0512. The van der Waals surface area contributed by atoms with Gasteiger partial charge in [0.25, 0.3) is 0 Å². The summed E-state index contributed by atoms with van der Waals surface area (Å²) in [6.45, 7) is 5.76. The van der Waals surface area contributed by atoms with Crippen molar-refractivity contribution in [2.24, 2.45) is 13.0 Å². The molecule has 0 saturated heterocycles. The molecule has 0 radical (unpaired) electrons. The Balaban J connectivity index is 2.00. The van der Waals surface area contributed by atoms with Crippen LogP contribution in [-0.4, -0.2) is 39.7 Å². The van der Waals surface area contributed by atoms with Crippen LogP contribution in [0.25, 0.3) is 10.9 Å². The summed E-state index contributed by atoms with van der Waals surface area (Å²) in [6.07, 6.45) is 0.120. The van der Waals surface area contributed by atoms with Gasteiger partial charge in [-0.3, -0.25) is 4.68 Å². The van der Waals surface area contributed by atoms with Crippen LogP contribution in [0.2, 0.25) is 0 Å². The molecule has 1 heterocycles. The fourth-order valence-electron chi connectivity index (χ4n) is 2.46. The Morgan fingerprint density at radius 1 is 1.39 bits per heavy atom. The lowest BCUT2D eigenvalue weighted by Crippen LogP contribution is -2.36. The van der Waals surface area contributed by atoms with Gasteiger partial charge in [0.15, 0.2) is 0 Å². The highest BCUT2D eigenvalue weighted by Crippen LogP contribution is 2.20. The Morgan fingerprint density at radius 3 is 2.74 bits per heavy atom. The van der Waals surface area contributed by atoms with Crippen LogP contribution >= 0.6 is 0 Å². The van der Waals surface area contributed by atoms with Gasteiger partial charge in [0.2, 0.25) is 0 Å². The zero-order valence-corrected chi connectivity index (χ0v) is 14.2. The average Bonchev–Trinajstić information content (AvgIpc) is 2.78. The molecule has 6 heteroatoms. The predicted molar refractivity (Wildman–Crippen MR) is 89.2 cm³/mol. The molecule has 0 spiro atoms. The smallest absolute Gasteiger partial charge is 0.407 e. The molecule has 1 amide bonds. The van der Waals surface area contributed by atoms with Crippen molar-refractivity contribution >= 4 is 17.0 Å². The standard InChI is InChI=1S/C17H25N3O3/c1-17(2,3)23-16(22)18-10-12(11-21)9-14-13-7-5-6-8-15(13)20(4)19-14/h5-8,12,21H,9-11H2,1-4H3,(H,18,22). The van der Waals surface area contributed by atoms with Crippen molar-refractivity contribution in [3.05, 3.63) is 30.0 Å². The first-order valence-corrected chi connectivity index (χ1v) is 7.78. The molecule has 2 rings (SSSR count). The minimum Gasteiger partial charge on any atom is -0.444 e. The number of fused-ring (bicyclic) bond motifs is 1. The maximum Gasteiger partial charge on any atom is 0.407 e. The number of aliphatic hydroxyl groups excluding tert-OH is 1. The van der Waals surface area contributed by atoms with E-state index in [1.54, 1.807) is 0 Å². The Bertz CT molecular complexity index is 673. The SMILES string of the molecule is Cn1nc(CC(CO)CNC(=O)OC(C)(C)C)c2ccccc21. The van der Waals surface area contributed by atoms with Gasteiger partial charge in [-0.25, -0.2) is 4.79 Å². The average molecular weight is 319 g/mol. The summed E-state index contributed by atoms with van der Waals surface area (Å²) in [6, 6.07) is 7.98. The van der Waals surface area contributed by atoms with Crippen molar-refractivity contribution < 1.29 is 14.6 Å². The van der Waals surface area contributed by atoms with Gasteiger partial charge in [-0.15, -0.1) is 0 Å². The van der Waals surface area contributed by atoms with E-state index in [2.05, 4.69) is 10.4 Å². The number of aryl methyl sites for hydroxylation is 1. The topological polar surface area (TPSA) is 76.4 Å². The number of carbonyl (C=O) groups is 1. The van der Waals surface area contributed by atoms with Crippen LogP contribution < -0.4 is 5.32 Å². The second kappa shape index (κ2) is 7.00. The number of nitrogens with zero attached hydrogens (tertiary/aromatic N) is 2. The molecule has 2 N–H and O–H groups in total. The Morgan fingerprint density at radius 2 is 2.09 bits per heavy atom. The molecule has 6 nitrogen and oxygen atoms in total. The molecule has 1 aromatic carbocycles. The Kier molecular flexibility index (Phi) is 5.26. The third-order valence-electron chi connectivity index (χ3n) is 3.51. The molecule has 126 valence electrons. The van der Waals surface area contributed by atoms with E-state index < -0.39 is 11.7 Å². The molecule has 23 heavy (non-hydrogen) atoms. The normalized spacial score (nSPS) is 13.1. The van der Waals surface area contributed by atoms with Gasteiger partial charge < -0.3 is 15.2 Å². The van der Waals surface area contributed by atoms with E-state index in [-0.39, 0.29) is 12.5 Å². The van der Waals surface area contributed by atoms with Gasteiger partial charge in [0.1, 0.15) is 5.60 Å². The summed E-state index contributed by atoms with van der Waals surface area (Å²) in [4.78, 5) is 11.7. The minimum absolute atomic E-state index is 0.0271. The van der Waals surface area contributed by atoms with Crippen LogP contribution in [-0.2, 0) is 18.2 Å². The van der Waals surface area contributed by atoms with Gasteiger partial charge >= 0.3 is 6.09 Å². The monoisotopic (exact) mass is 319 g/mol. The predicted octanol–water partition coefficient (Wildman–Crippen LogP) is 2.25. The summed E-state index contributed by atoms with van der Waals surface area (Å²) < 4.78 is 7.04. The summed E-state index contributed by atoms with van der Waals surface area (Å²) in [5, 5.41) is 17.9. The minimum atomic E-state index is -0.532. The number of rotatable bonds is 5. The fourth-order valence-corrected chi connectivity index (χ4v) is 2.46. The van der Waals surface area contributed by atoms with Crippen LogP contribution in [0.4, 0.5) is 4.79 Å². The second-order valence-corrected chi connectivity index (χ2v) is 6.72. The molecule has 1 unspecified atom stereocenters. The van der Waals surface area contributed by atoms with Gasteiger partial charge in [-0.2, -0.15) is 5.10 Å². The molecule has 1 aromatic heterocycles. The number of ether oxygens (including phenoxy) is 1. The number of para-hydroxylation sites is 1. The van der Waals surface area contributed by atoms with E-state index in [9.17, 15) is 9.90 Å². The van der Waals surface area contributed by atoms with Crippen molar-refractivity contribution in [3.63, 3.8) is 0 Å². The third kappa shape index (κ3) is 4.69. The zero-order chi connectivity index (χ0) is 17.0. The first-order chi connectivity index (χ1) is 10.8. The number of hydrogen-bond donors (Lipinski definition) is 2. The third-order valence-corrected chi connectivity index (χ3v) is 3.51. The molecule has 0 aliphatic carbocycles. The number of aromatic nitrogens is 2. The summed E-state index contributed by atoms with van der Waals surface area (Å²) in [7, 11) is 1.90. The second-order valence-electron chi connectivity index (χ2n) is 6.72. The van der Waals surface area contributed by atoms with Crippen molar-refractivity contribution in [3.8, 4) is 0 Å². The molecular weight excluding hydrogens is 294 g/mol. The van der Waals surface area contributed by atoms with Crippen LogP contribution in [0.3, 0.4) is 0 Å². The lowest BCUT2D eigenvalue weighted by atomic mass is 10.0.